The molecule has 0 radical (unpaired) electrons. The molecule has 31 heavy (non-hydrogen) atoms. The fourth-order valence-corrected chi connectivity index (χ4v) is 4.68. The molecule has 2 rings (SSSR count). The van der Waals surface area contributed by atoms with Gasteiger partial charge >= 0.3 is 6.03 Å². The third-order valence-corrected chi connectivity index (χ3v) is 7.65. The van der Waals surface area contributed by atoms with Crippen molar-refractivity contribution < 1.29 is 18.5 Å². The molecule has 2 unspecified atom stereocenters. The number of amides is 2. The summed E-state index contributed by atoms with van der Waals surface area (Å²) in [5, 5.41) is 19.1. The number of hydrogen-bond donors (Lipinski definition) is 3. The number of halogens is 1. The quantitative estimate of drug-likeness (QED) is 0.561. The molecule has 8 heteroatoms. The average Bonchev–Trinajstić information content (AvgIpc) is 2.61. The highest BCUT2D eigenvalue weighted by Gasteiger charge is 2.38. The van der Waals surface area contributed by atoms with Crippen LogP contribution in [0.1, 0.15) is 77.8 Å². The lowest BCUT2D eigenvalue weighted by Gasteiger charge is -2.34. The van der Waals surface area contributed by atoms with Gasteiger partial charge in [0.2, 0.25) is 0 Å². The molecule has 1 aromatic rings. The van der Waals surface area contributed by atoms with E-state index < -0.39 is 26.3 Å². The van der Waals surface area contributed by atoms with Crippen molar-refractivity contribution in [3.05, 3.63) is 52.9 Å². The topological polar surface area (TPSA) is 105 Å². The monoisotopic (exact) mass is 451 g/mol. The molecule has 6 nitrogen and oxygen atoms in total. The molecule has 0 aliphatic heterocycles. The number of nitrogens with two attached hydrogens (primary N) is 1. The van der Waals surface area contributed by atoms with Crippen molar-refractivity contribution in [2.75, 3.05) is 5.32 Å². The summed E-state index contributed by atoms with van der Waals surface area (Å²) in [4.78, 5) is 12.8. The summed E-state index contributed by atoms with van der Waals surface area (Å²) in [5.41, 5.74) is 1.26. The van der Waals surface area contributed by atoms with Crippen molar-refractivity contribution in [2.24, 2.45) is 9.50 Å². The van der Waals surface area contributed by atoms with Gasteiger partial charge in [0.15, 0.2) is 0 Å². The van der Waals surface area contributed by atoms with Crippen LogP contribution in [0.3, 0.4) is 0 Å². The predicted octanol–water partition coefficient (Wildman–Crippen LogP) is 5.36. The third kappa shape index (κ3) is 5.61. The fraction of sp³-hybridized carbons (Fsp3) is 0.522. The Kier molecular flexibility index (Phi) is 7.20. The number of rotatable bonds is 5. The Morgan fingerprint density at radius 2 is 1.77 bits per heavy atom. The minimum atomic E-state index is -3.52. The summed E-state index contributed by atoms with van der Waals surface area (Å²) in [6.45, 7) is 12.5. The molecule has 2 atom stereocenters. The molecular formula is C23H34FN3O3S. The number of nitrogens with zero attached hydrogens (tertiary/aromatic N) is 1. The van der Waals surface area contributed by atoms with Gasteiger partial charge in [-0.25, -0.2) is 18.5 Å². The van der Waals surface area contributed by atoms with E-state index in [2.05, 4.69) is 9.68 Å². The minimum absolute atomic E-state index is 0.0518. The van der Waals surface area contributed by atoms with E-state index in [1.807, 2.05) is 27.7 Å². The second kappa shape index (κ2) is 8.84. The van der Waals surface area contributed by atoms with Gasteiger partial charge in [0.05, 0.1) is 10.3 Å². The summed E-state index contributed by atoms with van der Waals surface area (Å²) in [7, 11) is -3.52. The highest BCUT2D eigenvalue weighted by Crippen LogP contribution is 2.36. The average molecular weight is 452 g/mol. The number of carbonyl (C=O) groups is 1. The molecule has 0 saturated heterocycles. The van der Waals surface area contributed by atoms with E-state index >= 15 is 0 Å². The van der Waals surface area contributed by atoms with Gasteiger partial charge in [-0.1, -0.05) is 45.9 Å². The zero-order valence-corrected chi connectivity index (χ0v) is 20.1. The molecule has 1 aliphatic rings. The molecule has 0 heterocycles. The smallest absolute Gasteiger partial charge is 0.354 e. The maximum absolute atomic E-state index is 14.1. The molecule has 0 aromatic heterocycles. The van der Waals surface area contributed by atoms with Gasteiger partial charge in [0, 0.05) is 5.69 Å². The van der Waals surface area contributed by atoms with Crippen LogP contribution in [0, 0.1) is 5.82 Å². The molecule has 0 spiro atoms. The first-order chi connectivity index (χ1) is 14.1. The molecular weight excluding hydrogens is 417 g/mol. The maximum atomic E-state index is 14.1. The third-order valence-electron chi connectivity index (χ3n) is 5.60. The van der Waals surface area contributed by atoms with Crippen LogP contribution in [0.15, 0.2) is 40.3 Å². The molecule has 0 saturated carbocycles. The zero-order chi connectivity index (χ0) is 23.8. The molecule has 0 fully saturated rings. The van der Waals surface area contributed by atoms with Crippen LogP contribution in [-0.2, 0) is 9.92 Å². The van der Waals surface area contributed by atoms with Gasteiger partial charge in [-0.3, -0.25) is 0 Å². The summed E-state index contributed by atoms with van der Waals surface area (Å²) in [5.74, 6) is -0.483. The molecule has 4 N–H and O–H groups in total. The number of carbonyl (C=O) groups excluding carboxylic acids is 1. The summed E-state index contributed by atoms with van der Waals surface area (Å²) in [6.07, 6.45) is 5.27. The Hall–Kier alpha value is -2.03. The molecule has 172 valence electrons. The largest absolute Gasteiger partial charge is 0.386 e. The highest BCUT2D eigenvalue weighted by atomic mass is 32.2. The SMILES string of the molecule is CC(C)c1cc(F)cc(C(C)C)c1NC(=O)N=S(N)(=O)C1(C)C=CC=C(C(C)(C)O)C1. The van der Waals surface area contributed by atoms with E-state index in [4.69, 9.17) is 5.14 Å². The van der Waals surface area contributed by atoms with Gasteiger partial charge in [0.25, 0.3) is 0 Å². The van der Waals surface area contributed by atoms with Gasteiger partial charge in [-0.15, -0.1) is 4.36 Å². The van der Waals surface area contributed by atoms with Crippen LogP contribution < -0.4 is 10.5 Å². The number of urea groups is 1. The van der Waals surface area contributed by atoms with E-state index in [0.717, 1.165) is 0 Å². The van der Waals surface area contributed by atoms with Crippen molar-refractivity contribution in [3.63, 3.8) is 0 Å². The van der Waals surface area contributed by atoms with Crippen LogP contribution in [0.5, 0.6) is 0 Å². The van der Waals surface area contributed by atoms with E-state index in [1.165, 1.54) is 12.1 Å². The predicted molar refractivity (Wildman–Crippen MR) is 125 cm³/mol. The second-order valence-electron chi connectivity index (χ2n) is 9.46. The fourth-order valence-electron chi connectivity index (χ4n) is 3.55. The van der Waals surface area contributed by atoms with Crippen LogP contribution in [0.25, 0.3) is 0 Å². The number of hydrogen-bond acceptors (Lipinski definition) is 3. The van der Waals surface area contributed by atoms with Crippen molar-refractivity contribution in [2.45, 2.75) is 77.1 Å². The second-order valence-corrected chi connectivity index (χ2v) is 11.7. The van der Waals surface area contributed by atoms with E-state index in [9.17, 15) is 18.5 Å². The molecule has 2 amide bonds. The lowest BCUT2D eigenvalue weighted by Crippen LogP contribution is -2.43. The number of allylic oxidation sites excluding steroid dienone is 2. The van der Waals surface area contributed by atoms with Crippen LogP contribution in [0.4, 0.5) is 14.9 Å². The maximum Gasteiger partial charge on any atom is 0.354 e. The standard InChI is InChI=1S/C23H34FN3O3S/c1-14(2)18-11-17(24)12-19(15(3)4)20(18)26-21(28)27-31(25,30)23(7)10-8-9-16(13-23)22(5,6)29/h8-12,14-15,29H,13H2,1-7H3,(H3,25,26,27,28,30). The number of aliphatic hydroxyl groups is 1. The lowest BCUT2D eigenvalue weighted by molar-refractivity contribution is 0.114. The molecule has 1 aromatic carbocycles. The zero-order valence-electron chi connectivity index (χ0n) is 19.3. The van der Waals surface area contributed by atoms with E-state index in [-0.39, 0.29) is 24.1 Å². The summed E-state index contributed by atoms with van der Waals surface area (Å²) in [6, 6.07) is 1.92. The normalized spacial score (nSPS) is 21.1. The Labute approximate surface area is 185 Å². The highest BCUT2D eigenvalue weighted by molar-refractivity contribution is 7.93. The Bertz CT molecular complexity index is 1020. The van der Waals surface area contributed by atoms with E-state index in [1.54, 1.807) is 39.0 Å². The number of anilines is 1. The van der Waals surface area contributed by atoms with Crippen molar-refractivity contribution in [1.29, 1.82) is 0 Å². The first kappa shape index (κ1) is 25.2. The Morgan fingerprint density at radius 1 is 1.26 bits per heavy atom. The summed E-state index contributed by atoms with van der Waals surface area (Å²) >= 11 is 0. The summed E-state index contributed by atoms with van der Waals surface area (Å²) < 4.78 is 30.2. The van der Waals surface area contributed by atoms with Crippen molar-refractivity contribution in [3.8, 4) is 0 Å². The van der Waals surface area contributed by atoms with Crippen LogP contribution in [-0.4, -0.2) is 25.7 Å². The Balaban J connectivity index is 2.45. The van der Waals surface area contributed by atoms with Gasteiger partial charge < -0.3 is 10.4 Å². The minimum Gasteiger partial charge on any atom is -0.386 e. The lowest BCUT2D eigenvalue weighted by atomic mass is 9.86. The van der Waals surface area contributed by atoms with Crippen molar-refractivity contribution >= 4 is 21.6 Å². The molecule has 1 aliphatic carbocycles. The van der Waals surface area contributed by atoms with Gasteiger partial charge in [0.1, 0.15) is 15.7 Å². The van der Waals surface area contributed by atoms with Crippen molar-refractivity contribution in [1.82, 2.24) is 0 Å². The number of benzene rings is 1. The van der Waals surface area contributed by atoms with Gasteiger partial charge in [-0.05, 0) is 67.9 Å². The first-order valence-corrected chi connectivity index (χ1v) is 12.0. The Morgan fingerprint density at radius 3 is 2.23 bits per heavy atom. The van der Waals surface area contributed by atoms with Gasteiger partial charge in [-0.2, -0.15) is 0 Å². The van der Waals surface area contributed by atoms with Crippen LogP contribution in [0.2, 0.25) is 0 Å². The molecule has 0 bridgehead atoms. The first-order valence-electron chi connectivity index (χ1n) is 10.4. The van der Waals surface area contributed by atoms with E-state index in [0.29, 0.717) is 22.4 Å². The van der Waals surface area contributed by atoms with Crippen LogP contribution >= 0.6 is 0 Å². The number of nitrogens with one attached hydrogen (secondary N) is 1.